The summed E-state index contributed by atoms with van der Waals surface area (Å²) in [5, 5.41) is 8.22. The van der Waals surface area contributed by atoms with E-state index in [-0.39, 0.29) is 5.41 Å². The van der Waals surface area contributed by atoms with Crippen molar-refractivity contribution in [1.82, 2.24) is 0 Å². The Kier molecular flexibility index (Phi) is 7.03. The van der Waals surface area contributed by atoms with Crippen molar-refractivity contribution in [3.8, 4) is 0 Å². The first-order valence-electron chi connectivity index (χ1n) is 20.4. The summed E-state index contributed by atoms with van der Waals surface area (Å²) in [6.07, 6.45) is 28.4. The maximum absolute atomic E-state index is 2.59. The van der Waals surface area contributed by atoms with Gasteiger partial charge in [0, 0.05) is 43.8 Å². The Balaban J connectivity index is 1.10. The fraction of sp³-hybridized carbons (Fsp3) is 0.164. The van der Waals surface area contributed by atoms with Crippen LogP contribution in [0.15, 0.2) is 164 Å². The third kappa shape index (κ3) is 4.53. The SMILES string of the molecule is CC1(C)c2ccccc2C2C=Cc3c(c(C4=CCCC(c5c6ccccc6c(C6=CC=CC7C=CC=CC67)c6ccccc56)=C4)cc4sc5ccccc5c34)C21. The number of rotatable bonds is 3. The highest BCUT2D eigenvalue weighted by Crippen LogP contribution is 2.61. The average molecular weight is 735 g/mol. The van der Waals surface area contributed by atoms with Gasteiger partial charge in [-0.3, -0.25) is 0 Å². The molecule has 268 valence electrons. The summed E-state index contributed by atoms with van der Waals surface area (Å²) in [4.78, 5) is 0. The van der Waals surface area contributed by atoms with Crippen LogP contribution in [0.25, 0.3) is 64.5 Å². The number of allylic oxidation sites excluding steroid dienone is 13. The zero-order valence-electron chi connectivity index (χ0n) is 31.8. The van der Waals surface area contributed by atoms with Crippen molar-refractivity contribution in [2.45, 2.75) is 43.9 Å². The zero-order chi connectivity index (χ0) is 37.1. The first kappa shape index (κ1) is 32.5. The largest absolute Gasteiger partial charge is 0.135 e. The van der Waals surface area contributed by atoms with Crippen molar-refractivity contribution in [3.63, 3.8) is 0 Å². The molecule has 56 heavy (non-hydrogen) atoms. The predicted molar refractivity (Wildman–Crippen MR) is 242 cm³/mol. The molecule has 0 radical (unpaired) electrons. The lowest BCUT2D eigenvalue weighted by atomic mass is 9.66. The lowest BCUT2D eigenvalue weighted by molar-refractivity contribution is 0.424. The van der Waals surface area contributed by atoms with Gasteiger partial charge in [-0.05, 0) is 108 Å². The molecule has 0 saturated heterocycles. The van der Waals surface area contributed by atoms with E-state index in [9.17, 15) is 0 Å². The van der Waals surface area contributed by atoms with Gasteiger partial charge in [0.2, 0.25) is 0 Å². The standard InChI is InChI=1S/C55H42S/c1-55(2)47-27-11-9-20-37(47)43-29-30-45-52-44-25-10-12-28-48(44)56-49(52)32-46(53(45)54(43)55)34-17-13-18-35(31-34)50-39-21-5-7-23-41(39)51(42-24-8-6-22-40(42)50)38-26-14-16-33-15-3-4-19-36(33)38/h3-12,14-17,19-33,36,43,54H,13,18H2,1-2H3. The lowest BCUT2D eigenvalue weighted by Crippen LogP contribution is -2.27. The maximum atomic E-state index is 2.59. The van der Waals surface area contributed by atoms with Gasteiger partial charge in [-0.1, -0.05) is 172 Å². The molecule has 1 heteroatoms. The highest BCUT2D eigenvalue weighted by atomic mass is 32.1. The maximum Gasteiger partial charge on any atom is 0.0367 e. The van der Waals surface area contributed by atoms with Gasteiger partial charge in [0.15, 0.2) is 0 Å². The van der Waals surface area contributed by atoms with Gasteiger partial charge in [0.25, 0.3) is 0 Å². The van der Waals surface area contributed by atoms with E-state index in [1.54, 1.807) is 0 Å². The minimum atomic E-state index is -0.00958. The summed E-state index contributed by atoms with van der Waals surface area (Å²) in [5.74, 6) is 1.44. The second kappa shape index (κ2) is 12.1. The van der Waals surface area contributed by atoms with Gasteiger partial charge >= 0.3 is 0 Å². The molecule has 6 aromatic carbocycles. The van der Waals surface area contributed by atoms with E-state index in [1.165, 1.54) is 97.4 Å². The summed E-state index contributed by atoms with van der Waals surface area (Å²) in [6.45, 7) is 4.99. The number of hydrogen-bond acceptors (Lipinski definition) is 1. The number of benzene rings is 6. The molecule has 0 aliphatic heterocycles. The Labute approximate surface area is 332 Å². The number of hydrogen-bond donors (Lipinski definition) is 0. The molecule has 0 nitrogen and oxygen atoms in total. The summed E-state index contributed by atoms with van der Waals surface area (Å²) >= 11 is 1.95. The van der Waals surface area contributed by atoms with Crippen molar-refractivity contribution < 1.29 is 0 Å². The van der Waals surface area contributed by atoms with E-state index >= 15 is 0 Å². The minimum Gasteiger partial charge on any atom is -0.135 e. The van der Waals surface area contributed by atoms with E-state index in [1.807, 2.05) is 11.3 Å². The molecule has 0 spiro atoms. The number of fused-ring (bicyclic) bond motifs is 12. The molecule has 1 heterocycles. The molecule has 5 aliphatic rings. The molecule has 0 amide bonds. The van der Waals surface area contributed by atoms with Crippen LogP contribution in [0.5, 0.6) is 0 Å². The molecule has 4 unspecified atom stereocenters. The van der Waals surface area contributed by atoms with Crippen molar-refractivity contribution in [2.24, 2.45) is 11.8 Å². The van der Waals surface area contributed by atoms with Crippen LogP contribution in [0.4, 0.5) is 0 Å². The van der Waals surface area contributed by atoms with Crippen LogP contribution >= 0.6 is 11.3 Å². The molecule has 5 aliphatic carbocycles. The predicted octanol–water partition coefficient (Wildman–Crippen LogP) is 15.1. The molecular formula is C55H42S. The molecule has 12 rings (SSSR count). The van der Waals surface area contributed by atoms with Gasteiger partial charge < -0.3 is 0 Å². The minimum absolute atomic E-state index is 0.00958. The third-order valence-electron chi connectivity index (χ3n) is 13.8. The molecule has 7 aromatic rings. The van der Waals surface area contributed by atoms with Crippen molar-refractivity contribution >= 4 is 75.8 Å². The topological polar surface area (TPSA) is 0 Å². The molecule has 0 bridgehead atoms. The van der Waals surface area contributed by atoms with Crippen molar-refractivity contribution in [3.05, 3.63) is 203 Å². The Morgan fingerprint density at radius 3 is 2.12 bits per heavy atom. The Morgan fingerprint density at radius 1 is 0.643 bits per heavy atom. The van der Waals surface area contributed by atoms with Crippen molar-refractivity contribution in [1.29, 1.82) is 0 Å². The van der Waals surface area contributed by atoms with E-state index in [0.29, 0.717) is 23.7 Å². The lowest BCUT2D eigenvalue weighted by Gasteiger charge is -2.37. The highest BCUT2D eigenvalue weighted by molar-refractivity contribution is 7.25. The second-order valence-corrected chi connectivity index (χ2v) is 18.1. The van der Waals surface area contributed by atoms with Crippen LogP contribution in [0, 0.1) is 11.8 Å². The summed E-state index contributed by atoms with van der Waals surface area (Å²) in [5.41, 5.74) is 14.4. The van der Waals surface area contributed by atoms with Crippen LogP contribution in [0.3, 0.4) is 0 Å². The summed E-state index contributed by atoms with van der Waals surface area (Å²) in [7, 11) is 0. The fourth-order valence-corrected chi connectivity index (χ4v) is 12.6. The smallest absolute Gasteiger partial charge is 0.0367 e. The highest BCUT2D eigenvalue weighted by Gasteiger charge is 2.49. The van der Waals surface area contributed by atoms with Crippen LogP contribution in [-0.2, 0) is 5.41 Å². The van der Waals surface area contributed by atoms with E-state index in [2.05, 4.69) is 184 Å². The van der Waals surface area contributed by atoms with E-state index in [4.69, 9.17) is 0 Å². The third-order valence-corrected chi connectivity index (χ3v) is 14.9. The fourth-order valence-electron chi connectivity index (χ4n) is 11.4. The molecule has 0 N–H and O–H groups in total. The quantitative estimate of drug-likeness (QED) is 0.159. The molecule has 1 aromatic heterocycles. The van der Waals surface area contributed by atoms with E-state index < -0.39 is 0 Å². The first-order chi connectivity index (χ1) is 27.6. The van der Waals surface area contributed by atoms with Gasteiger partial charge in [-0.25, -0.2) is 0 Å². The van der Waals surface area contributed by atoms with Crippen molar-refractivity contribution in [2.75, 3.05) is 0 Å². The molecular weight excluding hydrogens is 693 g/mol. The molecule has 0 saturated carbocycles. The van der Waals surface area contributed by atoms with Gasteiger partial charge in [0.05, 0.1) is 0 Å². The van der Waals surface area contributed by atoms with Gasteiger partial charge in [-0.15, -0.1) is 11.3 Å². The Hall–Kier alpha value is -5.76. The van der Waals surface area contributed by atoms with Crippen LogP contribution in [0.1, 0.15) is 77.5 Å². The van der Waals surface area contributed by atoms with E-state index in [0.717, 1.165) is 12.8 Å². The molecule has 0 fully saturated rings. The normalized spacial score (nSPS) is 22.9. The summed E-state index contributed by atoms with van der Waals surface area (Å²) < 4.78 is 2.76. The van der Waals surface area contributed by atoms with Gasteiger partial charge in [0.1, 0.15) is 0 Å². The molecule has 4 atom stereocenters. The number of thiophene rings is 1. The van der Waals surface area contributed by atoms with Crippen LogP contribution < -0.4 is 0 Å². The Morgan fingerprint density at radius 2 is 1.32 bits per heavy atom. The van der Waals surface area contributed by atoms with Crippen LogP contribution in [0.2, 0.25) is 0 Å². The Bertz CT molecular complexity index is 3010. The average Bonchev–Trinajstić information content (AvgIpc) is 3.74. The zero-order valence-corrected chi connectivity index (χ0v) is 32.6. The second-order valence-electron chi connectivity index (χ2n) is 17.0. The van der Waals surface area contributed by atoms with Crippen LogP contribution in [-0.4, -0.2) is 0 Å². The first-order valence-corrected chi connectivity index (χ1v) is 21.2. The monoisotopic (exact) mass is 734 g/mol. The summed E-state index contributed by atoms with van der Waals surface area (Å²) in [6, 6.07) is 39.3. The van der Waals surface area contributed by atoms with Gasteiger partial charge in [-0.2, -0.15) is 0 Å².